The number of nitrogens with one attached hydrogen (secondary N) is 1. The maximum absolute atomic E-state index is 3.56. The minimum atomic E-state index is 0.207. The van der Waals surface area contributed by atoms with Crippen LogP contribution in [0.15, 0.2) is 24.3 Å². The van der Waals surface area contributed by atoms with Crippen molar-refractivity contribution < 1.29 is 0 Å². The lowest BCUT2D eigenvalue weighted by molar-refractivity contribution is 0.147. The molecule has 0 aromatic heterocycles. The first-order valence-corrected chi connectivity index (χ1v) is 10.2. The van der Waals surface area contributed by atoms with E-state index in [1.54, 1.807) is 0 Å². The molecule has 1 aromatic carbocycles. The van der Waals surface area contributed by atoms with Crippen LogP contribution in [0, 0.1) is 11.3 Å². The fraction of sp³-hybridized carbons (Fsp3) is 0.739. The van der Waals surface area contributed by atoms with E-state index >= 15 is 0 Å². The van der Waals surface area contributed by atoms with E-state index in [0.717, 1.165) is 25.4 Å². The summed E-state index contributed by atoms with van der Waals surface area (Å²) in [4.78, 5) is 2.63. The lowest BCUT2D eigenvalue weighted by atomic mass is 9.80. The van der Waals surface area contributed by atoms with Crippen LogP contribution in [0.1, 0.15) is 71.9 Å². The highest BCUT2D eigenvalue weighted by atomic mass is 15.1. The summed E-state index contributed by atoms with van der Waals surface area (Å²) in [6.45, 7) is 18.5. The van der Waals surface area contributed by atoms with Crippen LogP contribution in [0.25, 0.3) is 0 Å². The van der Waals surface area contributed by atoms with Gasteiger partial charge < -0.3 is 5.32 Å². The van der Waals surface area contributed by atoms with Gasteiger partial charge in [0, 0.05) is 12.1 Å². The number of benzene rings is 1. The van der Waals surface area contributed by atoms with Gasteiger partial charge in [-0.25, -0.2) is 0 Å². The Kier molecular flexibility index (Phi) is 7.10. The summed E-state index contributed by atoms with van der Waals surface area (Å²) in [6, 6.07) is 9.28. The fourth-order valence-electron chi connectivity index (χ4n) is 3.87. The van der Waals surface area contributed by atoms with E-state index in [1.807, 2.05) is 0 Å². The summed E-state index contributed by atoms with van der Waals surface area (Å²) in [5.74, 6) is 0.925. The number of hydrogen-bond donors (Lipinski definition) is 1. The van der Waals surface area contributed by atoms with E-state index in [9.17, 15) is 0 Å². The first-order chi connectivity index (χ1) is 11.6. The molecule has 2 rings (SSSR count). The molecule has 1 heterocycles. The molecule has 142 valence electrons. The van der Waals surface area contributed by atoms with Gasteiger partial charge in [-0.15, -0.1) is 0 Å². The number of hydrogen-bond acceptors (Lipinski definition) is 2. The number of rotatable bonds is 6. The van der Waals surface area contributed by atoms with E-state index in [1.165, 1.54) is 43.5 Å². The molecule has 0 radical (unpaired) electrons. The normalized spacial score (nSPS) is 17.8. The van der Waals surface area contributed by atoms with Crippen molar-refractivity contribution in [2.45, 2.75) is 79.3 Å². The van der Waals surface area contributed by atoms with Crippen molar-refractivity contribution in [3.63, 3.8) is 0 Å². The zero-order valence-electron chi connectivity index (χ0n) is 17.5. The molecule has 2 nitrogen and oxygen atoms in total. The van der Waals surface area contributed by atoms with Crippen LogP contribution in [0.4, 0.5) is 0 Å². The van der Waals surface area contributed by atoms with Gasteiger partial charge in [0.1, 0.15) is 0 Å². The maximum atomic E-state index is 3.56. The second-order valence-corrected chi connectivity index (χ2v) is 10.2. The zero-order valence-corrected chi connectivity index (χ0v) is 17.5. The third kappa shape index (κ3) is 8.37. The minimum Gasteiger partial charge on any atom is -0.312 e. The lowest BCUT2D eigenvalue weighted by Gasteiger charge is -2.35. The fourth-order valence-corrected chi connectivity index (χ4v) is 3.87. The second-order valence-electron chi connectivity index (χ2n) is 10.2. The molecule has 0 amide bonds. The van der Waals surface area contributed by atoms with Crippen LogP contribution in [0.5, 0.6) is 0 Å². The molecule has 0 bridgehead atoms. The summed E-state index contributed by atoms with van der Waals surface area (Å²) in [5.41, 5.74) is 3.58. The monoisotopic (exact) mass is 344 g/mol. The van der Waals surface area contributed by atoms with Gasteiger partial charge in [0.2, 0.25) is 0 Å². The van der Waals surface area contributed by atoms with Gasteiger partial charge in [0.25, 0.3) is 0 Å². The quantitative estimate of drug-likeness (QED) is 0.756. The molecule has 1 aromatic rings. The molecular formula is C23H40N2. The first-order valence-electron chi connectivity index (χ1n) is 10.2. The van der Waals surface area contributed by atoms with Crippen molar-refractivity contribution in [1.29, 1.82) is 0 Å². The Labute approximate surface area is 156 Å². The maximum Gasteiger partial charge on any atom is 0.0233 e. The molecule has 2 heteroatoms. The predicted octanol–water partition coefficient (Wildman–Crippen LogP) is 5.27. The molecule has 1 aliphatic heterocycles. The average molecular weight is 345 g/mol. The van der Waals surface area contributed by atoms with Crippen molar-refractivity contribution in [2.75, 3.05) is 19.6 Å². The number of likely N-dealkylation sites (tertiary alicyclic amines) is 1. The molecule has 1 N–H and O–H groups in total. The van der Waals surface area contributed by atoms with Crippen LogP contribution < -0.4 is 5.32 Å². The Morgan fingerprint density at radius 2 is 1.48 bits per heavy atom. The van der Waals surface area contributed by atoms with E-state index in [0.29, 0.717) is 5.41 Å². The van der Waals surface area contributed by atoms with Crippen LogP contribution >= 0.6 is 0 Å². The predicted molar refractivity (Wildman–Crippen MR) is 110 cm³/mol. The molecule has 1 saturated heterocycles. The van der Waals surface area contributed by atoms with Gasteiger partial charge >= 0.3 is 0 Å². The highest BCUT2D eigenvalue weighted by Crippen LogP contribution is 2.31. The van der Waals surface area contributed by atoms with E-state index in [-0.39, 0.29) is 5.54 Å². The Morgan fingerprint density at radius 1 is 0.920 bits per heavy atom. The Morgan fingerprint density at radius 3 is 2.00 bits per heavy atom. The highest BCUT2D eigenvalue weighted by Gasteiger charge is 2.23. The summed E-state index contributed by atoms with van der Waals surface area (Å²) in [6.07, 6.45) is 5.22. The van der Waals surface area contributed by atoms with Crippen molar-refractivity contribution in [3.05, 3.63) is 35.4 Å². The topological polar surface area (TPSA) is 15.3 Å². The average Bonchev–Trinajstić information content (AvgIpc) is 2.48. The molecule has 0 spiro atoms. The van der Waals surface area contributed by atoms with Gasteiger partial charge in [-0.05, 0) is 88.5 Å². The van der Waals surface area contributed by atoms with Crippen LogP contribution in [-0.2, 0) is 13.0 Å². The lowest BCUT2D eigenvalue weighted by Crippen LogP contribution is -2.37. The molecule has 0 atom stereocenters. The molecule has 1 fully saturated rings. The van der Waals surface area contributed by atoms with E-state index < -0.39 is 0 Å². The summed E-state index contributed by atoms with van der Waals surface area (Å²) in [7, 11) is 0. The Hall–Kier alpha value is -0.860. The Bertz CT molecular complexity index is 496. The van der Waals surface area contributed by atoms with Gasteiger partial charge in [0.05, 0.1) is 0 Å². The van der Waals surface area contributed by atoms with Crippen molar-refractivity contribution in [1.82, 2.24) is 10.2 Å². The summed E-state index contributed by atoms with van der Waals surface area (Å²) < 4.78 is 0. The molecular weight excluding hydrogens is 304 g/mol. The standard InChI is InChI=1S/C23H40N2/c1-22(2,3)17-20-12-15-25(16-13-20)18-21-9-7-19(8-10-21)11-14-24-23(4,5)6/h7-10,20,24H,11-18H2,1-6H3. The second kappa shape index (κ2) is 8.68. The first kappa shape index (κ1) is 20.5. The third-order valence-corrected chi connectivity index (χ3v) is 5.11. The molecule has 0 unspecified atom stereocenters. The Balaban J connectivity index is 1.73. The minimum absolute atomic E-state index is 0.207. The third-order valence-electron chi connectivity index (χ3n) is 5.11. The van der Waals surface area contributed by atoms with Crippen molar-refractivity contribution >= 4 is 0 Å². The molecule has 25 heavy (non-hydrogen) atoms. The van der Waals surface area contributed by atoms with E-state index in [4.69, 9.17) is 0 Å². The summed E-state index contributed by atoms with van der Waals surface area (Å²) >= 11 is 0. The highest BCUT2D eigenvalue weighted by molar-refractivity contribution is 5.22. The molecule has 0 aliphatic carbocycles. The zero-order chi connectivity index (χ0) is 18.5. The van der Waals surface area contributed by atoms with Gasteiger partial charge in [0.15, 0.2) is 0 Å². The van der Waals surface area contributed by atoms with E-state index in [2.05, 4.69) is 76.0 Å². The SMILES string of the molecule is CC(C)(C)CC1CCN(Cc2ccc(CCNC(C)(C)C)cc2)CC1. The molecule has 1 aliphatic rings. The largest absolute Gasteiger partial charge is 0.312 e. The van der Waals surface area contributed by atoms with Gasteiger partial charge in [-0.2, -0.15) is 0 Å². The smallest absolute Gasteiger partial charge is 0.0233 e. The summed E-state index contributed by atoms with van der Waals surface area (Å²) in [5, 5.41) is 3.56. The number of nitrogens with zero attached hydrogens (tertiary/aromatic N) is 1. The van der Waals surface area contributed by atoms with Crippen LogP contribution in [-0.4, -0.2) is 30.1 Å². The van der Waals surface area contributed by atoms with Crippen LogP contribution in [0.2, 0.25) is 0 Å². The van der Waals surface area contributed by atoms with Crippen molar-refractivity contribution in [2.24, 2.45) is 11.3 Å². The number of piperidine rings is 1. The van der Waals surface area contributed by atoms with Crippen LogP contribution in [0.3, 0.4) is 0 Å². The van der Waals surface area contributed by atoms with Gasteiger partial charge in [-0.1, -0.05) is 45.0 Å². The molecule has 0 saturated carbocycles. The van der Waals surface area contributed by atoms with Gasteiger partial charge in [-0.3, -0.25) is 4.90 Å². The van der Waals surface area contributed by atoms with Crippen molar-refractivity contribution in [3.8, 4) is 0 Å².